The third-order valence-corrected chi connectivity index (χ3v) is 16.0. The number of unbranched alkanes of at least 4 members (excludes halogenated alkanes) is 37. The number of nitrogens with one attached hydrogen (secondary N) is 1. The summed E-state index contributed by atoms with van der Waals surface area (Å²) in [7, 11) is 0. The van der Waals surface area contributed by atoms with E-state index in [-0.39, 0.29) is 12.5 Å². The fraction of sp³-hybridized carbons (Fsp3) is 0.952. The Labute approximate surface area is 463 Å². The number of ether oxygens (including phenoxy) is 4. The predicted molar refractivity (Wildman–Crippen MR) is 305 cm³/mol. The summed E-state index contributed by atoms with van der Waals surface area (Å²) in [5.41, 5.74) is 0. The number of aliphatic hydroxyl groups excluding tert-OH is 8. The molecule has 9 N–H and O–H groups in total. The molecule has 2 rings (SSSR count). The summed E-state index contributed by atoms with van der Waals surface area (Å²) in [4.78, 5) is 13.1. The Morgan fingerprint density at radius 3 is 1.25 bits per heavy atom. The molecular formula is C62H119NO13. The highest BCUT2D eigenvalue weighted by atomic mass is 16.7. The highest BCUT2D eigenvalue weighted by molar-refractivity contribution is 5.76. The lowest BCUT2D eigenvalue weighted by Gasteiger charge is -2.46. The smallest absolute Gasteiger partial charge is 0.220 e. The van der Waals surface area contributed by atoms with Gasteiger partial charge in [-0.2, -0.15) is 0 Å². The third kappa shape index (κ3) is 33.5. The molecule has 0 bridgehead atoms. The van der Waals surface area contributed by atoms with Gasteiger partial charge in [0.15, 0.2) is 12.6 Å². The fourth-order valence-electron chi connectivity index (χ4n) is 10.8. The van der Waals surface area contributed by atoms with Gasteiger partial charge in [0.2, 0.25) is 5.91 Å². The Bertz CT molecular complexity index is 1330. The molecule has 14 nitrogen and oxygen atoms in total. The number of hydrogen-bond donors (Lipinski definition) is 9. The van der Waals surface area contributed by atoms with Crippen molar-refractivity contribution < 1.29 is 64.6 Å². The lowest BCUT2D eigenvalue weighted by molar-refractivity contribution is -0.359. The Kier molecular flexibility index (Phi) is 45.1. The van der Waals surface area contributed by atoms with Crippen molar-refractivity contribution in [2.75, 3.05) is 19.8 Å². The van der Waals surface area contributed by atoms with E-state index in [9.17, 15) is 45.6 Å². The zero-order chi connectivity index (χ0) is 55.3. The van der Waals surface area contributed by atoms with Crippen molar-refractivity contribution in [1.82, 2.24) is 5.32 Å². The SMILES string of the molecule is CCCCCCCCCC/C=C\CCCCCCCCCCCCCCCCCCCCCCCCCCCC(=O)NC(COC1OC(CO)C(OC2OC(CO)C(O)C(O)C2O)C(O)C1O)C(O)CCCCCCC. The number of amides is 1. The Morgan fingerprint density at radius 1 is 0.461 bits per heavy atom. The molecule has 2 aliphatic rings. The van der Waals surface area contributed by atoms with Crippen LogP contribution in [-0.2, 0) is 23.7 Å². The van der Waals surface area contributed by atoms with Crippen molar-refractivity contribution >= 4 is 5.91 Å². The minimum absolute atomic E-state index is 0.208. The fourth-order valence-corrected chi connectivity index (χ4v) is 10.8. The summed E-state index contributed by atoms with van der Waals surface area (Å²) >= 11 is 0. The average Bonchev–Trinajstić information content (AvgIpc) is 3.42. The molecule has 1 amide bonds. The van der Waals surface area contributed by atoms with Crippen molar-refractivity contribution in [1.29, 1.82) is 0 Å². The van der Waals surface area contributed by atoms with Gasteiger partial charge < -0.3 is 65.1 Å². The maximum absolute atomic E-state index is 13.1. The molecule has 76 heavy (non-hydrogen) atoms. The van der Waals surface area contributed by atoms with Crippen molar-refractivity contribution in [3.8, 4) is 0 Å². The summed E-state index contributed by atoms with van der Waals surface area (Å²) in [6.45, 7) is 2.78. The molecule has 0 aromatic carbocycles. The first kappa shape index (κ1) is 70.8. The zero-order valence-electron chi connectivity index (χ0n) is 48.5. The van der Waals surface area contributed by atoms with E-state index in [1.54, 1.807) is 0 Å². The first-order chi connectivity index (χ1) is 37.1. The van der Waals surface area contributed by atoms with Crippen molar-refractivity contribution in [3.63, 3.8) is 0 Å². The van der Waals surface area contributed by atoms with Crippen LogP contribution < -0.4 is 5.32 Å². The van der Waals surface area contributed by atoms with Crippen molar-refractivity contribution in [2.24, 2.45) is 0 Å². The molecular weight excluding hydrogens is 967 g/mol. The highest BCUT2D eigenvalue weighted by Crippen LogP contribution is 2.30. The molecule has 2 fully saturated rings. The third-order valence-electron chi connectivity index (χ3n) is 16.0. The van der Waals surface area contributed by atoms with Crippen LogP contribution in [0, 0.1) is 0 Å². The normalized spacial score (nSPS) is 24.9. The van der Waals surface area contributed by atoms with Gasteiger partial charge in [-0.1, -0.05) is 251 Å². The van der Waals surface area contributed by atoms with Gasteiger partial charge in [0.25, 0.3) is 0 Å². The first-order valence-electron chi connectivity index (χ1n) is 31.9. The van der Waals surface area contributed by atoms with Gasteiger partial charge in [0, 0.05) is 6.42 Å². The number of aliphatic hydroxyl groups is 8. The number of rotatable bonds is 52. The van der Waals surface area contributed by atoms with Crippen LogP contribution in [0.15, 0.2) is 12.2 Å². The van der Waals surface area contributed by atoms with Gasteiger partial charge in [-0.15, -0.1) is 0 Å². The van der Waals surface area contributed by atoms with Gasteiger partial charge in [-0.25, -0.2) is 0 Å². The van der Waals surface area contributed by atoms with Crippen LogP contribution in [-0.4, -0.2) is 140 Å². The molecule has 2 saturated heterocycles. The van der Waals surface area contributed by atoms with Crippen LogP contribution in [0.2, 0.25) is 0 Å². The topological polar surface area (TPSA) is 228 Å². The van der Waals surface area contributed by atoms with Crippen LogP contribution in [0.1, 0.15) is 284 Å². The second kappa shape index (κ2) is 48.4. The van der Waals surface area contributed by atoms with Gasteiger partial charge in [0.05, 0.1) is 32.0 Å². The minimum atomic E-state index is -1.78. The van der Waals surface area contributed by atoms with E-state index in [0.717, 1.165) is 57.8 Å². The first-order valence-corrected chi connectivity index (χ1v) is 31.9. The van der Waals surface area contributed by atoms with Crippen LogP contribution in [0.5, 0.6) is 0 Å². The van der Waals surface area contributed by atoms with E-state index in [1.807, 2.05) is 0 Å². The summed E-state index contributed by atoms with van der Waals surface area (Å²) in [6, 6.07) is -0.820. The van der Waals surface area contributed by atoms with Gasteiger partial charge in [-0.3, -0.25) is 4.79 Å². The largest absolute Gasteiger partial charge is 0.394 e. The molecule has 0 spiro atoms. The summed E-state index contributed by atoms with van der Waals surface area (Å²) in [6.07, 6.45) is 40.5. The van der Waals surface area contributed by atoms with E-state index in [2.05, 4.69) is 31.3 Å². The van der Waals surface area contributed by atoms with Crippen LogP contribution >= 0.6 is 0 Å². The lowest BCUT2D eigenvalue weighted by atomic mass is 9.97. The molecule has 0 saturated carbocycles. The molecule has 0 aromatic heterocycles. The Morgan fingerprint density at radius 2 is 0.829 bits per heavy atom. The number of hydrogen-bond acceptors (Lipinski definition) is 13. The zero-order valence-corrected chi connectivity index (χ0v) is 48.5. The summed E-state index contributed by atoms with van der Waals surface area (Å²) in [5, 5.41) is 86.6. The molecule has 0 aromatic rings. The maximum atomic E-state index is 13.1. The molecule has 2 heterocycles. The molecule has 0 aliphatic carbocycles. The molecule has 450 valence electrons. The second-order valence-electron chi connectivity index (χ2n) is 22.9. The van der Waals surface area contributed by atoms with Crippen LogP contribution in [0.25, 0.3) is 0 Å². The van der Waals surface area contributed by atoms with E-state index in [0.29, 0.717) is 12.8 Å². The average molecular weight is 1090 g/mol. The van der Waals surface area contributed by atoms with Crippen molar-refractivity contribution in [2.45, 2.75) is 357 Å². The minimum Gasteiger partial charge on any atom is -0.394 e. The van der Waals surface area contributed by atoms with Gasteiger partial charge in [0.1, 0.15) is 48.8 Å². The molecule has 12 atom stereocenters. The van der Waals surface area contributed by atoms with E-state index < -0.39 is 86.8 Å². The van der Waals surface area contributed by atoms with Crippen LogP contribution in [0.3, 0.4) is 0 Å². The summed E-state index contributed by atoms with van der Waals surface area (Å²) < 4.78 is 22.7. The number of allylic oxidation sites excluding steroid dienone is 2. The van der Waals surface area contributed by atoms with Crippen LogP contribution in [0.4, 0.5) is 0 Å². The van der Waals surface area contributed by atoms with E-state index >= 15 is 0 Å². The van der Waals surface area contributed by atoms with Gasteiger partial charge in [-0.05, 0) is 38.5 Å². The standard InChI is InChI=1S/C62H119NO13/c1-3-5-7-9-10-11-12-13-14-15-16-17-18-19-20-21-22-23-24-25-26-27-28-29-30-31-32-33-34-35-36-37-38-39-40-42-44-46-54(67)63-50(51(66)45-43-41-8-6-4-2)49-73-61-59(72)57(70)60(53(48-65)75-61)76-62-58(71)56(69)55(68)52(47-64)74-62/h15-16,50-53,55-62,64-66,68-72H,3-14,17-49H2,1-2H3,(H,63,67)/b16-15-. The van der Waals surface area contributed by atoms with Gasteiger partial charge >= 0.3 is 0 Å². The highest BCUT2D eigenvalue weighted by Gasteiger charge is 2.51. The molecule has 12 unspecified atom stereocenters. The summed E-state index contributed by atoms with van der Waals surface area (Å²) in [5.74, 6) is -0.208. The number of carbonyl (C=O) groups is 1. The molecule has 0 radical (unpaired) electrons. The Hall–Kier alpha value is -1.27. The maximum Gasteiger partial charge on any atom is 0.220 e. The van der Waals surface area contributed by atoms with Crippen molar-refractivity contribution in [3.05, 3.63) is 12.2 Å². The molecule has 2 aliphatic heterocycles. The Balaban J connectivity index is 1.47. The predicted octanol–water partition coefficient (Wildman–Crippen LogP) is 11.5. The monoisotopic (exact) mass is 1090 g/mol. The molecule has 14 heteroatoms. The number of carbonyl (C=O) groups excluding carboxylic acids is 1. The second-order valence-corrected chi connectivity index (χ2v) is 22.9. The van der Waals surface area contributed by atoms with E-state index in [4.69, 9.17) is 18.9 Å². The quantitative estimate of drug-likeness (QED) is 0.0204. The van der Waals surface area contributed by atoms with E-state index in [1.165, 1.54) is 199 Å². The lowest BCUT2D eigenvalue weighted by Crippen LogP contribution is -2.65.